The van der Waals surface area contributed by atoms with Gasteiger partial charge in [0.15, 0.2) is 5.75 Å². The fourth-order valence-electron chi connectivity index (χ4n) is 3.64. The summed E-state index contributed by atoms with van der Waals surface area (Å²) < 4.78 is 16.6. The van der Waals surface area contributed by atoms with E-state index in [0.717, 1.165) is 16.9 Å². The molecule has 3 aromatic carbocycles. The summed E-state index contributed by atoms with van der Waals surface area (Å²) >= 11 is 6.34. The number of aromatic nitrogens is 1. The van der Waals surface area contributed by atoms with Crippen molar-refractivity contribution in [2.45, 2.75) is 27.4 Å². The third-order valence-corrected chi connectivity index (χ3v) is 5.66. The minimum atomic E-state index is -0.822. The number of halogens is 1. The van der Waals surface area contributed by atoms with Gasteiger partial charge in [-0.2, -0.15) is 0 Å². The molecule has 34 heavy (non-hydrogen) atoms. The van der Waals surface area contributed by atoms with Crippen LogP contribution in [0.25, 0.3) is 22.0 Å². The van der Waals surface area contributed by atoms with Crippen molar-refractivity contribution in [3.63, 3.8) is 0 Å². The summed E-state index contributed by atoms with van der Waals surface area (Å²) in [7, 11) is 0. The Bertz CT molecular complexity index is 1330. The number of fused-ring (bicyclic) bond motifs is 1. The predicted molar refractivity (Wildman–Crippen MR) is 132 cm³/mol. The fourth-order valence-corrected chi connectivity index (χ4v) is 3.87. The molecular formula is C27H24ClNO5. The summed E-state index contributed by atoms with van der Waals surface area (Å²) in [5.74, 6) is 1.70. The molecule has 0 atom stereocenters. The Kier molecular flexibility index (Phi) is 7.01. The van der Waals surface area contributed by atoms with Crippen LogP contribution in [0.5, 0.6) is 17.2 Å². The quantitative estimate of drug-likeness (QED) is 0.301. The van der Waals surface area contributed by atoms with E-state index in [0.29, 0.717) is 44.2 Å². The Morgan fingerprint density at radius 2 is 1.65 bits per heavy atom. The number of hydrogen-bond acceptors (Lipinski definition) is 6. The number of hydrogen-bond donors (Lipinski definition) is 1. The number of carbonyl (C=O) groups is 1. The van der Waals surface area contributed by atoms with Gasteiger partial charge in [0.05, 0.1) is 18.7 Å². The Morgan fingerprint density at radius 3 is 2.26 bits per heavy atom. The molecule has 0 aliphatic carbocycles. The summed E-state index contributed by atoms with van der Waals surface area (Å²) in [6, 6.07) is 18.6. The summed E-state index contributed by atoms with van der Waals surface area (Å²) in [5, 5.41) is 10.5. The van der Waals surface area contributed by atoms with Crippen LogP contribution in [0.1, 0.15) is 23.7 Å². The SMILES string of the molecule is CCOC(=O)Oc1c(-c2ccc(Oc3ccc(C)cc3)cc2)c(C)nc2cc(CO)c(Cl)cc12. The number of aryl methyl sites for hydroxylation is 2. The van der Waals surface area contributed by atoms with Crippen LogP contribution < -0.4 is 9.47 Å². The van der Waals surface area contributed by atoms with Gasteiger partial charge in [-0.1, -0.05) is 41.4 Å². The predicted octanol–water partition coefficient (Wildman–Crippen LogP) is 6.99. The second kappa shape index (κ2) is 10.1. The van der Waals surface area contributed by atoms with Crippen molar-refractivity contribution < 1.29 is 24.1 Å². The van der Waals surface area contributed by atoms with Gasteiger partial charge in [0.1, 0.15) is 11.5 Å². The first-order valence-corrected chi connectivity index (χ1v) is 11.2. The van der Waals surface area contributed by atoms with Gasteiger partial charge in [-0.3, -0.25) is 4.98 Å². The molecule has 0 fully saturated rings. The van der Waals surface area contributed by atoms with E-state index in [4.69, 9.17) is 25.8 Å². The lowest BCUT2D eigenvalue weighted by Gasteiger charge is -2.17. The van der Waals surface area contributed by atoms with Gasteiger partial charge in [0, 0.05) is 21.7 Å². The van der Waals surface area contributed by atoms with Gasteiger partial charge >= 0.3 is 6.16 Å². The highest BCUT2D eigenvalue weighted by Gasteiger charge is 2.21. The number of ether oxygens (including phenoxy) is 3. The zero-order valence-electron chi connectivity index (χ0n) is 19.1. The highest BCUT2D eigenvalue weighted by molar-refractivity contribution is 6.32. The first kappa shape index (κ1) is 23.5. The number of aliphatic hydroxyl groups is 1. The molecule has 1 aromatic heterocycles. The average Bonchev–Trinajstić information content (AvgIpc) is 2.82. The Morgan fingerprint density at radius 1 is 1.00 bits per heavy atom. The molecule has 4 rings (SSSR count). The molecule has 174 valence electrons. The van der Waals surface area contributed by atoms with Crippen LogP contribution in [0.2, 0.25) is 5.02 Å². The molecule has 0 unspecified atom stereocenters. The van der Waals surface area contributed by atoms with E-state index >= 15 is 0 Å². The molecule has 0 amide bonds. The van der Waals surface area contributed by atoms with Crippen LogP contribution in [-0.2, 0) is 11.3 Å². The van der Waals surface area contributed by atoms with E-state index in [1.54, 1.807) is 19.1 Å². The second-order valence-corrected chi connectivity index (χ2v) is 8.15. The van der Waals surface area contributed by atoms with Crippen molar-refractivity contribution in [2.24, 2.45) is 0 Å². The number of nitrogens with zero attached hydrogens (tertiary/aromatic N) is 1. The van der Waals surface area contributed by atoms with E-state index in [9.17, 15) is 9.90 Å². The molecule has 6 nitrogen and oxygen atoms in total. The normalized spacial score (nSPS) is 10.9. The molecule has 0 bridgehead atoms. The summed E-state index contributed by atoms with van der Waals surface area (Å²) in [6.45, 7) is 5.50. The van der Waals surface area contributed by atoms with E-state index in [-0.39, 0.29) is 13.2 Å². The van der Waals surface area contributed by atoms with Crippen LogP contribution in [-0.4, -0.2) is 22.9 Å². The lowest BCUT2D eigenvalue weighted by Crippen LogP contribution is -2.12. The molecule has 0 saturated heterocycles. The first-order valence-electron chi connectivity index (χ1n) is 10.8. The zero-order chi connectivity index (χ0) is 24.2. The van der Waals surface area contributed by atoms with Crippen LogP contribution in [0.4, 0.5) is 4.79 Å². The van der Waals surface area contributed by atoms with Crippen LogP contribution in [0.15, 0.2) is 60.7 Å². The number of rotatable bonds is 6. The lowest BCUT2D eigenvalue weighted by atomic mass is 9.99. The minimum Gasteiger partial charge on any atom is -0.457 e. The molecule has 0 radical (unpaired) electrons. The standard InChI is InChI=1S/C27H24ClNO5/c1-4-32-27(31)34-26-22-14-23(28)19(15-30)13-24(22)29-17(3)25(26)18-7-11-21(12-8-18)33-20-9-5-16(2)6-10-20/h5-14,30H,4,15H2,1-3H3. The number of carbonyl (C=O) groups excluding carboxylic acids is 1. The topological polar surface area (TPSA) is 77.9 Å². The van der Waals surface area contributed by atoms with Crippen LogP contribution in [0, 0.1) is 13.8 Å². The Hall–Kier alpha value is -3.61. The van der Waals surface area contributed by atoms with Crippen molar-refractivity contribution >= 4 is 28.7 Å². The molecule has 1 N–H and O–H groups in total. The summed E-state index contributed by atoms with van der Waals surface area (Å²) in [6.07, 6.45) is -0.822. The second-order valence-electron chi connectivity index (χ2n) is 7.74. The largest absolute Gasteiger partial charge is 0.513 e. The van der Waals surface area contributed by atoms with Gasteiger partial charge in [0.25, 0.3) is 0 Å². The molecule has 0 spiro atoms. The lowest BCUT2D eigenvalue weighted by molar-refractivity contribution is 0.105. The molecule has 0 aliphatic rings. The number of aliphatic hydroxyl groups excluding tert-OH is 1. The van der Waals surface area contributed by atoms with Gasteiger partial charge in [-0.25, -0.2) is 4.79 Å². The van der Waals surface area contributed by atoms with Gasteiger partial charge in [-0.15, -0.1) is 0 Å². The van der Waals surface area contributed by atoms with E-state index in [1.807, 2.05) is 62.4 Å². The third-order valence-electron chi connectivity index (χ3n) is 5.30. The van der Waals surface area contributed by atoms with Gasteiger partial charge in [-0.05, 0) is 68.3 Å². The van der Waals surface area contributed by atoms with Crippen molar-refractivity contribution in [1.29, 1.82) is 0 Å². The van der Waals surface area contributed by atoms with E-state index in [1.165, 1.54) is 0 Å². The highest BCUT2D eigenvalue weighted by atomic mass is 35.5. The van der Waals surface area contributed by atoms with E-state index < -0.39 is 6.16 Å². The maximum Gasteiger partial charge on any atom is 0.513 e. The molecule has 1 heterocycles. The van der Waals surface area contributed by atoms with Gasteiger partial charge < -0.3 is 19.3 Å². The van der Waals surface area contributed by atoms with Crippen LogP contribution in [0.3, 0.4) is 0 Å². The van der Waals surface area contributed by atoms with Crippen molar-refractivity contribution in [3.05, 3.63) is 82.5 Å². The first-order chi connectivity index (χ1) is 16.4. The maximum absolute atomic E-state index is 12.3. The van der Waals surface area contributed by atoms with Gasteiger partial charge in [0.2, 0.25) is 0 Å². The summed E-state index contributed by atoms with van der Waals surface area (Å²) in [5.41, 5.74) is 4.30. The number of benzene rings is 3. The van der Waals surface area contributed by atoms with Crippen molar-refractivity contribution in [2.75, 3.05) is 6.61 Å². The maximum atomic E-state index is 12.3. The smallest absolute Gasteiger partial charge is 0.457 e. The van der Waals surface area contributed by atoms with Crippen LogP contribution >= 0.6 is 11.6 Å². The molecule has 0 saturated carbocycles. The highest BCUT2D eigenvalue weighted by Crippen LogP contribution is 2.41. The Balaban J connectivity index is 1.79. The molecule has 0 aliphatic heterocycles. The van der Waals surface area contributed by atoms with Crippen molar-refractivity contribution in [3.8, 4) is 28.4 Å². The average molecular weight is 478 g/mol. The summed E-state index contributed by atoms with van der Waals surface area (Å²) in [4.78, 5) is 17.0. The monoisotopic (exact) mass is 477 g/mol. The van der Waals surface area contributed by atoms with Crippen molar-refractivity contribution in [1.82, 2.24) is 4.98 Å². The van der Waals surface area contributed by atoms with E-state index in [2.05, 4.69) is 4.98 Å². The fraction of sp³-hybridized carbons (Fsp3) is 0.185. The molecule has 4 aromatic rings. The molecule has 7 heteroatoms. The Labute approximate surface area is 202 Å². The zero-order valence-corrected chi connectivity index (χ0v) is 19.8. The number of pyridine rings is 1. The minimum absolute atomic E-state index is 0.177. The third kappa shape index (κ3) is 4.98. The molecular weight excluding hydrogens is 454 g/mol.